The van der Waals surface area contributed by atoms with E-state index in [0.29, 0.717) is 13.2 Å². The highest BCUT2D eigenvalue weighted by Gasteiger charge is 2.20. The van der Waals surface area contributed by atoms with E-state index in [1.54, 1.807) is 7.11 Å². The van der Waals surface area contributed by atoms with Gasteiger partial charge in [-0.05, 0) is 71.4 Å². The van der Waals surface area contributed by atoms with Gasteiger partial charge in [-0.15, -0.1) is 0 Å². The highest BCUT2D eigenvalue weighted by Crippen LogP contribution is 2.22. The van der Waals surface area contributed by atoms with Crippen molar-refractivity contribution in [2.45, 2.75) is 246 Å². The van der Waals surface area contributed by atoms with Crippen molar-refractivity contribution in [3.63, 3.8) is 0 Å². The molecule has 0 saturated heterocycles. The minimum absolute atomic E-state index is 0.0587. The number of carbonyl (C=O) groups excluding carboxylic acids is 2. The van der Waals surface area contributed by atoms with Crippen molar-refractivity contribution in [1.82, 2.24) is 4.90 Å². The Balaban J connectivity index is 4.38. The van der Waals surface area contributed by atoms with Crippen molar-refractivity contribution in [2.24, 2.45) is 11.8 Å². The lowest BCUT2D eigenvalue weighted by Gasteiger charge is -2.25. The van der Waals surface area contributed by atoms with Gasteiger partial charge in [0.25, 0.3) is 0 Å². The summed E-state index contributed by atoms with van der Waals surface area (Å²) in [6.45, 7) is 15.4. The van der Waals surface area contributed by atoms with Crippen LogP contribution in [0, 0.1) is 11.8 Å². The number of methoxy groups -OCH3 is 1. The van der Waals surface area contributed by atoms with Crippen LogP contribution in [0.5, 0.6) is 0 Å². The van der Waals surface area contributed by atoms with Gasteiger partial charge in [0, 0.05) is 13.7 Å². The third-order valence-corrected chi connectivity index (χ3v) is 11.4. The van der Waals surface area contributed by atoms with E-state index in [1.807, 2.05) is 0 Å². The number of esters is 2. The van der Waals surface area contributed by atoms with Gasteiger partial charge in [-0.3, -0.25) is 9.59 Å². The summed E-state index contributed by atoms with van der Waals surface area (Å²) in [5.41, 5.74) is 0. The van der Waals surface area contributed by atoms with Crippen LogP contribution in [0.15, 0.2) is 0 Å². The molecule has 0 aliphatic rings. The van der Waals surface area contributed by atoms with Crippen LogP contribution in [0.4, 0.5) is 0 Å². The molecule has 0 amide bonds. The molecule has 3 unspecified atom stereocenters. The van der Waals surface area contributed by atoms with Gasteiger partial charge in [-0.1, -0.05) is 182 Å². The summed E-state index contributed by atoms with van der Waals surface area (Å²) in [4.78, 5) is 28.5. The molecule has 0 aromatic heterocycles. The zero-order valence-corrected chi connectivity index (χ0v) is 37.4. The minimum Gasteiger partial charge on any atom is -0.465 e. The van der Waals surface area contributed by atoms with Crippen molar-refractivity contribution in [1.29, 1.82) is 0 Å². The summed E-state index contributed by atoms with van der Waals surface area (Å²) in [7, 11) is 1.80. The summed E-state index contributed by atoms with van der Waals surface area (Å²) in [6.07, 6.45) is 38.0. The molecule has 0 aliphatic carbocycles. The molecule has 0 aliphatic heterocycles. The zero-order chi connectivity index (χ0) is 39.7. The topological polar surface area (TPSA) is 65.1 Å². The summed E-state index contributed by atoms with van der Waals surface area (Å²) in [5.74, 6) is 0.306. The predicted octanol–water partition coefficient (Wildman–Crippen LogP) is 14.2. The van der Waals surface area contributed by atoms with Gasteiger partial charge in [0.1, 0.15) is 0 Å². The number of hydrogen-bond acceptors (Lipinski definition) is 6. The summed E-state index contributed by atoms with van der Waals surface area (Å²) in [6, 6.07) is 0. The fourth-order valence-electron chi connectivity index (χ4n) is 7.63. The average Bonchev–Trinajstić information content (AvgIpc) is 3.17. The first kappa shape index (κ1) is 52.9. The van der Waals surface area contributed by atoms with Crippen molar-refractivity contribution < 1.29 is 23.8 Å². The molecule has 0 aromatic carbocycles. The Hall–Kier alpha value is -1.14. The lowest BCUT2D eigenvalue weighted by atomic mass is 9.94. The third-order valence-electron chi connectivity index (χ3n) is 11.4. The molecule has 0 aromatic rings. The predicted molar refractivity (Wildman–Crippen MR) is 232 cm³/mol. The van der Waals surface area contributed by atoms with E-state index in [9.17, 15) is 9.59 Å². The van der Waals surface area contributed by atoms with Crippen LogP contribution in [-0.2, 0) is 23.8 Å². The maximum Gasteiger partial charge on any atom is 0.308 e. The molecule has 6 heteroatoms. The van der Waals surface area contributed by atoms with Crippen LogP contribution in [0.2, 0.25) is 0 Å². The smallest absolute Gasteiger partial charge is 0.308 e. The quantitative estimate of drug-likeness (QED) is 0.0455. The first-order chi connectivity index (χ1) is 26.4. The fourth-order valence-corrected chi connectivity index (χ4v) is 7.63. The second kappa shape index (κ2) is 41.5. The van der Waals surface area contributed by atoms with Gasteiger partial charge in [0.2, 0.25) is 0 Å². The molecule has 3 atom stereocenters. The van der Waals surface area contributed by atoms with Crippen molar-refractivity contribution in [3.05, 3.63) is 0 Å². The highest BCUT2D eigenvalue weighted by atomic mass is 16.5. The van der Waals surface area contributed by atoms with Gasteiger partial charge in [0.15, 0.2) is 0 Å². The van der Waals surface area contributed by atoms with Crippen molar-refractivity contribution in [2.75, 3.05) is 40.0 Å². The van der Waals surface area contributed by atoms with E-state index < -0.39 is 0 Å². The molecule has 54 heavy (non-hydrogen) atoms. The molecule has 0 rings (SSSR count). The molecular formula is C48H95NO5. The van der Waals surface area contributed by atoms with E-state index in [1.165, 1.54) is 103 Å². The van der Waals surface area contributed by atoms with Crippen molar-refractivity contribution in [3.8, 4) is 0 Å². The highest BCUT2D eigenvalue weighted by molar-refractivity contribution is 5.72. The standard InChI is InChI=1S/C48H95NO5/c1-7-11-15-19-21-29-37-45(35-27-17-13-9-3)47(50)53-41-33-25-23-31-39-49(43-44(5)52-6)40-32-24-26-34-42-54-48(51)46(36-28-18-14-10-4)38-30-22-20-16-12-8-2/h44-46H,7-43H2,1-6H3. The number of hydrogen-bond donors (Lipinski definition) is 0. The average molecular weight is 766 g/mol. The SMILES string of the molecule is CCCCCCCCC(CCCCCC)C(=O)OCCCCCCN(CCCCCCOC(=O)C(CCCCCC)CCCCCCCC)CC(C)OC. The lowest BCUT2D eigenvalue weighted by molar-refractivity contribution is -0.150. The molecule has 0 bridgehead atoms. The molecule has 0 spiro atoms. The Morgan fingerprint density at radius 3 is 1.07 bits per heavy atom. The van der Waals surface area contributed by atoms with Crippen LogP contribution in [-0.4, -0.2) is 62.9 Å². The van der Waals surface area contributed by atoms with Gasteiger partial charge < -0.3 is 19.1 Å². The number of carbonyl (C=O) groups is 2. The Morgan fingerprint density at radius 1 is 0.426 bits per heavy atom. The van der Waals surface area contributed by atoms with E-state index in [0.717, 1.165) is 122 Å². The van der Waals surface area contributed by atoms with Crippen LogP contribution in [0.1, 0.15) is 240 Å². The Morgan fingerprint density at radius 2 is 0.722 bits per heavy atom. The van der Waals surface area contributed by atoms with E-state index >= 15 is 0 Å². The van der Waals surface area contributed by atoms with Crippen LogP contribution < -0.4 is 0 Å². The first-order valence-corrected chi connectivity index (χ1v) is 24.0. The second-order valence-corrected chi connectivity index (χ2v) is 16.7. The largest absolute Gasteiger partial charge is 0.465 e. The molecule has 0 radical (unpaired) electrons. The summed E-state index contributed by atoms with van der Waals surface area (Å²) < 4.78 is 17.3. The van der Waals surface area contributed by atoms with Gasteiger partial charge in [-0.25, -0.2) is 0 Å². The Labute approximate surface area is 337 Å². The van der Waals surface area contributed by atoms with Crippen LogP contribution in [0.3, 0.4) is 0 Å². The lowest BCUT2D eigenvalue weighted by Crippen LogP contribution is -2.33. The Bertz CT molecular complexity index is 733. The summed E-state index contributed by atoms with van der Waals surface area (Å²) >= 11 is 0. The molecular weight excluding hydrogens is 671 g/mol. The second-order valence-electron chi connectivity index (χ2n) is 16.7. The normalized spacial score (nSPS) is 13.3. The fraction of sp³-hybridized carbons (Fsp3) is 0.958. The van der Waals surface area contributed by atoms with E-state index in [2.05, 4.69) is 39.5 Å². The summed E-state index contributed by atoms with van der Waals surface area (Å²) in [5, 5.41) is 0. The maximum absolute atomic E-state index is 13.0. The third kappa shape index (κ3) is 34.1. The zero-order valence-electron chi connectivity index (χ0n) is 37.4. The van der Waals surface area contributed by atoms with E-state index in [-0.39, 0.29) is 29.9 Å². The molecule has 322 valence electrons. The molecule has 6 nitrogen and oxygen atoms in total. The van der Waals surface area contributed by atoms with E-state index in [4.69, 9.17) is 14.2 Å². The number of nitrogens with zero attached hydrogens (tertiary/aromatic N) is 1. The molecule has 0 heterocycles. The molecule has 0 N–H and O–H groups in total. The van der Waals surface area contributed by atoms with Gasteiger partial charge in [-0.2, -0.15) is 0 Å². The monoisotopic (exact) mass is 766 g/mol. The number of ether oxygens (including phenoxy) is 3. The van der Waals surface area contributed by atoms with Gasteiger partial charge >= 0.3 is 11.9 Å². The minimum atomic E-state index is 0.0587. The van der Waals surface area contributed by atoms with Gasteiger partial charge in [0.05, 0.1) is 31.2 Å². The van der Waals surface area contributed by atoms with Crippen molar-refractivity contribution >= 4 is 11.9 Å². The number of unbranched alkanes of at least 4 members (excludes halogenated alkanes) is 22. The first-order valence-electron chi connectivity index (χ1n) is 24.0. The van der Waals surface area contributed by atoms with Crippen LogP contribution in [0.25, 0.3) is 0 Å². The Kier molecular flexibility index (Phi) is 40.6. The molecule has 0 saturated carbocycles. The van der Waals surface area contributed by atoms with Crippen LogP contribution >= 0.6 is 0 Å². The maximum atomic E-state index is 13.0. The molecule has 0 fully saturated rings. The number of rotatable bonds is 43.